The normalized spacial score (nSPS) is 13.0. The van der Waals surface area contributed by atoms with Gasteiger partial charge in [0.15, 0.2) is 0 Å². The van der Waals surface area contributed by atoms with E-state index in [1.807, 2.05) is 48.5 Å². The molecular weight excluding hydrogens is 459 g/mol. The minimum absolute atomic E-state index is 0.359. The maximum absolute atomic E-state index is 11.2. The van der Waals surface area contributed by atoms with Crippen molar-refractivity contribution >= 4 is 34.1 Å². The highest BCUT2D eigenvalue weighted by atomic mass is 35.5. The van der Waals surface area contributed by atoms with Gasteiger partial charge in [-0.2, -0.15) is 0 Å². The first-order valence-electron chi connectivity index (χ1n) is 10.2. The summed E-state index contributed by atoms with van der Waals surface area (Å²) in [4.78, 5) is 22.3. The standard InChI is InChI=1S/C27H16Cl2O4/c28-25(30)32-19-13-9-17(10-14-19)27(18-11-15-20(16-12-18)33-26(29)31)23-7-3-1-5-21(23)22-6-2-4-8-24(22)27/h1-16H. The minimum atomic E-state index is -0.890. The van der Waals surface area contributed by atoms with E-state index in [1.54, 1.807) is 24.3 Å². The molecule has 0 bridgehead atoms. The van der Waals surface area contributed by atoms with Gasteiger partial charge in [-0.3, -0.25) is 0 Å². The van der Waals surface area contributed by atoms with E-state index in [-0.39, 0.29) is 0 Å². The van der Waals surface area contributed by atoms with Gasteiger partial charge in [-0.15, -0.1) is 0 Å². The second-order valence-corrected chi connectivity index (χ2v) is 8.19. The highest BCUT2D eigenvalue weighted by molar-refractivity contribution is 6.61. The van der Waals surface area contributed by atoms with Crippen LogP contribution < -0.4 is 9.47 Å². The summed E-state index contributed by atoms with van der Waals surface area (Å²) in [6.07, 6.45) is 0. The molecule has 0 heterocycles. The van der Waals surface area contributed by atoms with Gasteiger partial charge < -0.3 is 9.47 Å². The SMILES string of the molecule is O=C(Cl)Oc1ccc(C2(c3ccc(OC(=O)Cl)cc3)c3ccccc3-c3ccccc32)cc1. The van der Waals surface area contributed by atoms with Crippen LogP contribution in [0.2, 0.25) is 0 Å². The van der Waals surface area contributed by atoms with Gasteiger partial charge in [0.1, 0.15) is 11.5 Å². The molecule has 0 spiro atoms. The topological polar surface area (TPSA) is 52.6 Å². The van der Waals surface area contributed by atoms with Crippen LogP contribution in [0.5, 0.6) is 11.5 Å². The van der Waals surface area contributed by atoms with Crippen LogP contribution in [0.15, 0.2) is 97.1 Å². The molecule has 4 aromatic rings. The van der Waals surface area contributed by atoms with Crippen LogP contribution in [-0.4, -0.2) is 10.9 Å². The zero-order valence-corrected chi connectivity index (χ0v) is 18.6. The predicted molar refractivity (Wildman–Crippen MR) is 127 cm³/mol. The Morgan fingerprint density at radius 3 is 1.27 bits per heavy atom. The van der Waals surface area contributed by atoms with Gasteiger partial charge >= 0.3 is 10.9 Å². The van der Waals surface area contributed by atoms with Crippen LogP contribution in [0, 0.1) is 0 Å². The molecule has 1 aliphatic carbocycles. The van der Waals surface area contributed by atoms with Crippen LogP contribution in [0.4, 0.5) is 9.59 Å². The summed E-state index contributed by atoms with van der Waals surface area (Å²) in [5.74, 6) is 0.718. The fourth-order valence-electron chi connectivity index (χ4n) is 4.76. The fraction of sp³-hybridized carbons (Fsp3) is 0.0370. The first-order chi connectivity index (χ1) is 16.0. The summed E-state index contributed by atoms with van der Waals surface area (Å²) in [6, 6.07) is 31.2. The number of benzene rings is 4. The second kappa shape index (κ2) is 8.39. The molecule has 0 saturated carbocycles. The average molecular weight is 475 g/mol. The number of carbonyl (C=O) groups is 2. The van der Waals surface area contributed by atoms with Crippen molar-refractivity contribution in [3.05, 3.63) is 119 Å². The summed E-state index contributed by atoms with van der Waals surface area (Å²) in [6.45, 7) is 0. The van der Waals surface area contributed by atoms with E-state index in [4.69, 9.17) is 32.7 Å². The number of halogens is 2. The van der Waals surface area contributed by atoms with E-state index in [0.29, 0.717) is 11.5 Å². The molecule has 0 unspecified atom stereocenters. The van der Waals surface area contributed by atoms with Crippen molar-refractivity contribution in [2.24, 2.45) is 0 Å². The lowest BCUT2D eigenvalue weighted by atomic mass is 9.68. The van der Waals surface area contributed by atoms with Gasteiger partial charge in [-0.25, -0.2) is 9.59 Å². The Kier molecular flexibility index (Phi) is 5.41. The molecule has 0 aliphatic heterocycles. The smallest absolute Gasteiger partial charge is 0.409 e. The zero-order valence-electron chi connectivity index (χ0n) is 17.1. The van der Waals surface area contributed by atoms with Crippen LogP contribution >= 0.6 is 23.2 Å². The number of hydrogen-bond acceptors (Lipinski definition) is 4. The Labute approximate surface area is 200 Å². The molecule has 0 N–H and O–H groups in total. The third kappa shape index (κ3) is 3.58. The van der Waals surface area contributed by atoms with Crippen LogP contribution in [0.1, 0.15) is 22.3 Å². The summed E-state index contributed by atoms with van der Waals surface area (Å²) in [7, 11) is 0. The lowest BCUT2D eigenvalue weighted by Crippen LogP contribution is -2.28. The van der Waals surface area contributed by atoms with E-state index < -0.39 is 16.3 Å². The Hall–Kier alpha value is -3.60. The summed E-state index contributed by atoms with van der Waals surface area (Å²) in [5.41, 5.74) is 4.07. The van der Waals surface area contributed by atoms with Crippen molar-refractivity contribution in [1.29, 1.82) is 0 Å². The zero-order chi connectivity index (χ0) is 23.0. The molecule has 6 heteroatoms. The quantitative estimate of drug-likeness (QED) is 0.252. The summed E-state index contributed by atoms with van der Waals surface area (Å²) >= 11 is 10.8. The lowest BCUT2D eigenvalue weighted by molar-refractivity contribution is 0.224. The number of fused-ring (bicyclic) bond motifs is 3. The Morgan fingerprint density at radius 2 is 0.909 bits per heavy atom. The van der Waals surface area contributed by atoms with Crippen molar-refractivity contribution in [3.8, 4) is 22.6 Å². The molecule has 0 aromatic heterocycles. The Bertz CT molecular complexity index is 1250. The van der Waals surface area contributed by atoms with Crippen LogP contribution in [0.3, 0.4) is 0 Å². The first kappa shape index (κ1) is 21.3. The van der Waals surface area contributed by atoms with Gasteiger partial charge in [-0.05, 0) is 57.6 Å². The average Bonchev–Trinajstić information content (AvgIpc) is 3.11. The molecule has 0 saturated heterocycles. The molecule has 0 amide bonds. The second-order valence-electron chi connectivity index (χ2n) is 7.57. The van der Waals surface area contributed by atoms with E-state index in [9.17, 15) is 9.59 Å². The molecular formula is C27H16Cl2O4. The first-order valence-corrected chi connectivity index (χ1v) is 10.9. The molecule has 0 fully saturated rings. The minimum Gasteiger partial charge on any atom is -0.415 e. The molecule has 162 valence electrons. The molecule has 4 nitrogen and oxygen atoms in total. The van der Waals surface area contributed by atoms with Gasteiger partial charge in [0.2, 0.25) is 0 Å². The van der Waals surface area contributed by atoms with Crippen molar-refractivity contribution in [1.82, 2.24) is 0 Å². The van der Waals surface area contributed by atoms with Crippen molar-refractivity contribution in [2.75, 3.05) is 0 Å². The lowest BCUT2D eigenvalue weighted by Gasteiger charge is -2.34. The molecule has 5 rings (SSSR count). The summed E-state index contributed by atoms with van der Waals surface area (Å²) in [5, 5.41) is 0. The number of ether oxygens (including phenoxy) is 2. The molecule has 0 radical (unpaired) electrons. The van der Waals surface area contributed by atoms with Gasteiger partial charge in [0, 0.05) is 23.2 Å². The van der Waals surface area contributed by atoms with Gasteiger partial charge in [0.25, 0.3) is 0 Å². The molecule has 1 aliphatic rings. The largest absolute Gasteiger partial charge is 0.415 e. The highest BCUT2D eigenvalue weighted by Gasteiger charge is 2.45. The fourth-order valence-corrected chi connectivity index (χ4v) is 4.93. The summed E-state index contributed by atoms with van der Waals surface area (Å²) < 4.78 is 10.1. The monoisotopic (exact) mass is 474 g/mol. The van der Waals surface area contributed by atoms with Crippen molar-refractivity contribution in [2.45, 2.75) is 5.41 Å². The van der Waals surface area contributed by atoms with Crippen LogP contribution in [0.25, 0.3) is 11.1 Å². The highest BCUT2D eigenvalue weighted by Crippen LogP contribution is 2.56. The van der Waals surface area contributed by atoms with E-state index in [2.05, 4.69) is 24.3 Å². The van der Waals surface area contributed by atoms with Crippen molar-refractivity contribution in [3.63, 3.8) is 0 Å². The van der Waals surface area contributed by atoms with E-state index in [1.165, 1.54) is 0 Å². The maximum Gasteiger partial charge on any atom is 0.409 e. The van der Waals surface area contributed by atoms with E-state index in [0.717, 1.165) is 33.4 Å². The third-order valence-electron chi connectivity index (χ3n) is 5.92. The Morgan fingerprint density at radius 1 is 0.545 bits per heavy atom. The predicted octanol–water partition coefficient (Wildman–Crippen LogP) is 7.52. The Balaban J connectivity index is 1.77. The number of carbonyl (C=O) groups excluding carboxylic acids is 2. The van der Waals surface area contributed by atoms with E-state index >= 15 is 0 Å². The van der Waals surface area contributed by atoms with Crippen LogP contribution in [-0.2, 0) is 5.41 Å². The molecule has 33 heavy (non-hydrogen) atoms. The molecule has 4 aromatic carbocycles. The van der Waals surface area contributed by atoms with Gasteiger partial charge in [-0.1, -0.05) is 72.8 Å². The molecule has 0 atom stereocenters. The third-order valence-corrected chi connectivity index (χ3v) is 6.08. The number of hydrogen-bond donors (Lipinski definition) is 0. The van der Waals surface area contributed by atoms with Crippen molar-refractivity contribution < 1.29 is 19.1 Å². The van der Waals surface area contributed by atoms with Gasteiger partial charge in [0.05, 0.1) is 5.41 Å². The maximum atomic E-state index is 11.2. The number of rotatable bonds is 4.